The van der Waals surface area contributed by atoms with E-state index < -0.39 is 18.1 Å². The molecule has 1 fully saturated rings. The average Bonchev–Trinajstić information content (AvgIpc) is 3.30. The molecular weight excluding hydrogens is 338 g/mol. The van der Waals surface area contributed by atoms with Crippen molar-refractivity contribution in [2.75, 3.05) is 18.4 Å². The minimum Gasteiger partial charge on any atom is -0.480 e. The fourth-order valence-electron chi connectivity index (χ4n) is 2.94. The smallest absolute Gasteiger partial charge is 0.326 e. The number of benzene rings is 1. The summed E-state index contributed by atoms with van der Waals surface area (Å²) in [6, 6.07) is 8.94. The Bertz CT molecular complexity index is 778. The quantitative estimate of drug-likeness (QED) is 0.589. The molecule has 2 aromatic rings. The number of carboxylic acid groups (broad SMARTS) is 1. The number of likely N-dealkylation sites (tertiary alicyclic amines) is 1. The van der Waals surface area contributed by atoms with Crippen LogP contribution in [0.3, 0.4) is 0 Å². The third-order valence-electron chi connectivity index (χ3n) is 4.21. The van der Waals surface area contributed by atoms with Gasteiger partial charge in [0, 0.05) is 24.6 Å². The van der Waals surface area contributed by atoms with Crippen LogP contribution in [0.15, 0.2) is 42.6 Å². The molecule has 1 saturated heterocycles. The molecule has 2 unspecified atom stereocenters. The second kappa shape index (κ2) is 7.68. The Morgan fingerprint density at radius 2 is 2.00 bits per heavy atom. The average molecular weight is 357 g/mol. The summed E-state index contributed by atoms with van der Waals surface area (Å²) < 4.78 is 0. The first-order valence-corrected chi connectivity index (χ1v) is 8.16. The van der Waals surface area contributed by atoms with Gasteiger partial charge in [-0.15, -0.1) is 0 Å². The Labute approximate surface area is 149 Å². The molecule has 1 aromatic heterocycles. The van der Waals surface area contributed by atoms with Gasteiger partial charge in [0.2, 0.25) is 5.91 Å². The predicted molar refractivity (Wildman–Crippen MR) is 92.5 cm³/mol. The normalized spacial score (nSPS) is 19.2. The molecule has 0 bridgehead atoms. The first-order valence-electron chi connectivity index (χ1n) is 8.16. The number of aromatic amines is 1. The zero-order valence-electron chi connectivity index (χ0n) is 13.9. The number of aliphatic carboxylic acids is 1. The third kappa shape index (κ3) is 4.00. The molecule has 1 aliphatic heterocycles. The Kier molecular flexibility index (Phi) is 5.16. The van der Waals surface area contributed by atoms with E-state index in [0.29, 0.717) is 11.4 Å². The summed E-state index contributed by atoms with van der Waals surface area (Å²) in [7, 11) is 0. The van der Waals surface area contributed by atoms with Gasteiger partial charge in [-0.25, -0.2) is 4.79 Å². The Morgan fingerprint density at radius 1 is 1.23 bits per heavy atom. The zero-order valence-corrected chi connectivity index (χ0v) is 13.9. The summed E-state index contributed by atoms with van der Waals surface area (Å²) in [6.07, 6.45) is 1.71. The molecule has 136 valence electrons. The lowest BCUT2D eigenvalue weighted by Gasteiger charge is -2.21. The van der Waals surface area contributed by atoms with Gasteiger partial charge in [0.1, 0.15) is 11.9 Å². The van der Waals surface area contributed by atoms with Crippen LogP contribution in [-0.4, -0.2) is 63.2 Å². The number of hydrogen-bond acceptors (Lipinski definition) is 5. The molecule has 4 N–H and O–H groups in total. The van der Waals surface area contributed by atoms with E-state index in [1.165, 1.54) is 11.1 Å². The maximum Gasteiger partial charge on any atom is 0.326 e. The minimum atomic E-state index is -1.09. The van der Waals surface area contributed by atoms with E-state index >= 15 is 0 Å². The van der Waals surface area contributed by atoms with Crippen LogP contribution in [0, 0.1) is 0 Å². The number of carboxylic acids is 1. The summed E-state index contributed by atoms with van der Waals surface area (Å²) in [5.41, 5.74) is 0.491. The van der Waals surface area contributed by atoms with E-state index in [0.717, 1.165) is 0 Å². The number of rotatable bonds is 6. The Hall–Kier alpha value is -3.36. The summed E-state index contributed by atoms with van der Waals surface area (Å²) in [5.74, 6) is -1.16. The lowest BCUT2D eigenvalue weighted by Crippen LogP contribution is -2.44. The van der Waals surface area contributed by atoms with Gasteiger partial charge in [0.25, 0.3) is 5.91 Å². The van der Waals surface area contributed by atoms with Crippen LogP contribution in [0.2, 0.25) is 0 Å². The third-order valence-corrected chi connectivity index (χ3v) is 4.21. The molecular formula is C17H19N5O4. The first-order chi connectivity index (χ1) is 12.5. The summed E-state index contributed by atoms with van der Waals surface area (Å²) in [4.78, 5) is 37.4. The number of aromatic nitrogens is 2. The molecule has 0 saturated carbocycles. The maximum atomic E-state index is 12.4. The highest BCUT2D eigenvalue weighted by atomic mass is 16.4. The van der Waals surface area contributed by atoms with Crippen molar-refractivity contribution in [2.45, 2.75) is 18.5 Å². The van der Waals surface area contributed by atoms with E-state index in [-0.39, 0.29) is 31.3 Å². The van der Waals surface area contributed by atoms with Gasteiger partial charge in [-0.2, -0.15) is 5.10 Å². The molecule has 26 heavy (non-hydrogen) atoms. The van der Waals surface area contributed by atoms with Crippen LogP contribution in [-0.2, 0) is 9.59 Å². The SMILES string of the molecule is O=C(NC1CC(C(=O)O)N(C(=O)CNc2ccn[nH]2)C1)c1ccccc1. The zero-order chi connectivity index (χ0) is 18.5. The minimum absolute atomic E-state index is 0.0642. The highest BCUT2D eigenvalue weighted by Crippen LogP contribution is 2.19. The molecule has 1 aromatic carbocycles. The van der Waals surface area contributed by atoms with Crippen molar-refractivity contribution in [3.05, 3.63) is 48.2 Å². The fraction of sp³-hybridized carbons (Fsp3) is 0.294. The van der Waals surface area contributed by atoms with Crippen molar-refractivity contribution in [1.82, 2.24) is 20.4 Å². The first kappa shape index (κ1) is 17.5. The van der Waals surface area contributed by atoms with Crippen molar-refractivity contribution < 1.29 is 19.5 Å². The summed E-state index contributed by atoms with van der Waals surface area (Å²) in [6.45, 7) is 0.0877. The van der Waals surface area contributed by atoms with E-state index in [4.69, 9.17) is 0 Å². The van der Waals surface area contributed by atoms with Crippen LogP contribution < -0.4 is 10.6 Å². The largest absolute Gasteiger partial charge is 0.480 e. The standard InChI is InChI=1S/C17H19N5O4/c23-15(9-18-14-6-7-19-21-14)22-10-12(8-13(22)17(25)26)20-16(24)11-4-2-1-3-5-11/h1-7,12-13H,8-10H2,(H,20,24)(H,25,26)(H2,18,19,21). The lowest BCUT2D eigenvalue weighted by atomic mass is 10.1. The van der Waals surface area contributed by atoms with Gasteiger partial charge in [-0.3, -0.25) is 14.7 Å². The fourth-order valence-corrected chi connectivity index (χ4v) is 2.94. The van der Waals surface area contributed by atoms with Crippen LogP contribution in [0.1, 0.15) is 16.8 Å². The van der Waals surface area contributed by atoms with Crippen LogP contribution in [0.4, 0.5) is 5.82 Å². The lowest BCUT2D eigenvalue weighted by molar-refractivity contribution is -0.147. The number of H-pyrrole nitrogens is 1. The maximum absolute atomic E-state index is 12.4. The monoisotopic (exact) mass is 357 g/mol. The van der Waals surface area contributed by atoms with E-state index in [9.17, 15) is 19.5 Å². The number of nitrogens with zero attached hydrogens (tertiary/aromatic N) is 2. The number of hydrogen-bond donors (Lipinski definition) is 4. The molecule has 2 atom stereocenters. The molecule has 0 aliphatic carbocycles. The summed E-state index contributed by atoms with van der Waals surface area (Å²) in [5, 5.41) is 21.5. The molecule has 9 nitrogen and oxygen atoms in total. The molecule has 0 spiro atoms. The van der Waals surface area contributed by atoms with E-state index in [2.05, 4.69) is 20.8 Å². The Morgan fingerprint density at radius 3 is 2.65 bits per heavy atom. The van der Waals surface area contributed by atoms with Crippen LogP contribution in [0.25, 0.3) is 0 Å². The van der Waals surface area contributed by atoms with Gasteiger partial charge in [0.15, 0.2) is 0 Å². The summed E-state index contributed by atoms with van der Waals surface area (Å²) >= 11 is 0. The number of nitrogens with one attached hydrogen (secondary N) is 3. The number of carbonyl (C=O) groups excluding carboxylic acids is 2. The van der Waals surface area contributed by atoms with E-state index in [1.807, 2.05) is 0 Å². The van der Waals surface area contributed by atoms with Gasteiger partial charge in [-0.1, -0.05) is 18.2 Å². The molecule has 3 rings (SSSR count). The molecule has 2 amide bonds. The van der Waals surface area contributed by atoms with Gasteiger partial charge < -0.3 is 20.6 Å². The van der Waals surface area contributed by atoms with Gasteiger partial charge in [-0.05, 0) is 18.2 Å². The predicted octanol–water partition coefficient (Wildman–Crippen LogP) is 0.306. The topological polar surface area (TPSA) is 127 Å². The molecule has 0 radical (unpaired) electrons. The molecule has 1 aliphatic rings. The van der Waals surface area contributed by atoms with Crippen molar-refractivity contribution in [3.63, 3.8) is 0 Å². The highest BCUT2D eigenvalue weighted by Gasteiger charge is 2.40. The second-order valence-electron chi connectivity index (χ2n) is 6.00. The van der Waals surface area contributed by atoms with Crippen LogP contribution in [0.5, 0.6) is 0 Å². The van der Waals surface area contributed by atoms with Gasteiger partial charge in [0.05, 0.1) is 12.7 Å². The van der Waals surface area contributed by atoms with Crippen molar-refractivity contribution in [1.29, 1.82) is 0 Å². The van der Waals surface area contributed by atoms with Crippen molar-refractivity contribution >= 4 is 23.6 Å². The molecule has 9 heteroatoms. The number of anilines is 1. The highest BCUT2D eigenvalue weighted by molar-refractivity contribution is 5.94. The Balaban J connectivity index is 1.61. The van der Waals surface area contributed by atoms with Crippen molar-refractivity contribution in [3.8, 4) is 0 Å². The number of amides is 2. The second-order valence-corrected chi connectivity index (χ2v) is 6.00. The number of carbonyl (C=O) groups is 3. The molecule has 2 heterocycles. The van der Waals surface area contributed by atoms with E-state index in [1.54, 1.807) is 36.4 Å². The van der Waals surface area contributed by atoms with Crippen LogP contribution >= 0.6 is 0 Å². The van der Waals surface area contributed by atoms with Crippen molar-refractivity contribution in [2.24, 2.45) is 0 Å². The van der Waals surface area contributed by atoms with Gasteiger partial charge >= 0.3 is 5.97 Å².